The van der Waals surface area contributed by atoms with Crippen molar-refractivity contribution in [2.45, 2.75) is 25.6 Å². The smallest absolute Gasteiger partial charge is 0.366 e. The van der Waals surface area contributed by atoms with Crippen molar-refractivity contribution in [3.05, 3.63) is 41.0 Å². The highest BCUT2D eigenvalue weighted by Crippen LogP contribution is 2.26. The molecule has 2 rings (SSSR count). The number of hydrogen-bond donors (Lipinski definition) is 2. The fraction of sp³-hybridized carbons (Fsp3) is 0.286. The second-order valence-electron chi connectivity index (χ2n) is 4.75. The van der Waals surface area contributed by atoms with E-state index in [9.17, 15) is 13.2 Å². The molecule has 0 aliphatic heterocycles. The van der Waals surface area contributed by atoms with Gasteiger partial charge in [-0.15, -0.1) is 0 Å². The molecule has 0 radical (unpaired) electrons. The van der Waals surface area contributed by atoms with E-state index in [4.69, 9.17) is 0 Å². The molecule has 0 amide bonds. The van der Waals surface area contributed by atoms with Crippen molar-refractivity contribution in [3.8, 4) is 0 Å². The van der Waals surface area contributed by atoms with Crippen LogP contribution >= 0.6 is 15.9 Å². The third-order valence-corrected chi connectivity index (χ3v) is 3.28. The lowest BCUT2D eigenvalue weighted by Crippen LogP contribution is -2.24. The minimum atomic E-state index is -4.23. The van der Waals surface area contributed by atoms with Crippen molar-refractivity contribution in [2.75, 3.05) is 10.6 Å². The first-order chi connectivity index (χ1) is 10.3. The van der Waals surface area contributed by atoms with E-state index in [0.29, 0.717) is 16.2 Å². The molecule has 2 aromatic rings. The standard InChI is InChI=1S/C14H14BrF3N4/c1-9(7-14(16,17)18)20-12-11(15)8-19-13(22-12)21-10-5-3-2-4-6-10/h2-6,8-9H,7H2,1H3,(H2,19,20,21,22). The van der Waals surface area contributed by atoms with Gasteiger partial charge in [0.2, 0.25) is 5.95 Å². The van der Waals surface area contributed by atoms with Crippen molar-refractivity contribution in [1.29, 1.82) is 0 Å². The van der Waals surface area contributed by atoms with Gasteiger partial charge in [-0.2, -0.15) is 18.2 Å². The van der Waals surface area contributed by atoms with Crippen LogP contribution in [0.2, 0.25) is 0 Å². The van der Waals surface area contributed by atoms with Gasteiger partial charge < -0.3 is 10.6 Å². The Kier molecular flexibility index (Phi) is 5.23. The van der Waals surface area contributed by atoms with Gasteiger partial charge in [-0.3, -0.25) is 0 Å². The molecule has 0 aliphatic carbocycles. The Morgan fingerprint density at radius 3 is 2.55 bits per heavy atom. The number of hydrogen-bond acceptors (Lipinski definition) is 4. The molecule has 4 nitrogen and oxygen atoms in total. The molecule has 1 atom stereocenters. The van der Waals surface area contributed by atoms with Crippen LogP contribution in [0.15, 0.2) is 41.0 Å². The van der Waals surface area contributed by atoms with Crippen LogP contribution in [0.5, 0.6) is 0 Å². The van der Waals surface area contributed by atoms with E-state index in [1.54, 1.807) is 0 Å². The molecular formula is C14H14BrF3N4. The lowest BCUT2D eigenvalue weighted by atomic mass is 10.2. The maximum atomic E-state index is 12.4. The van der Waals surface area contributed by atoms with Gasteiger partial charge in [0.15, 0.2) is 0 Å². The van der Waals surface area contributed by atoms with Crippen molar-refractivity contribution in [2.24, 2.45) is 0 Å². The summed E-state index contributed by atoms with van der Waals surface area (Å²) in [6.45, 7) is 1.45. The van der Waals surface area contributed by atoms with Crippen LogP contribution in [-0.2, 0) is 0 Å². The molecule has 2 N–H and O–H groups in total. The summed E-state index contributed by atoms with van der Waals surface area (Å²) < 4.78 is 37.6. The first kappa shape index (κ1) is 16.5. The Labute approximate surface area is 134 Å². The maximum absolute atomic E-state index is 12.4. The molecule has 1 heterocycles. The first-order valence-electron chi connectivity index (χ1n) is 6.51. The van der Waals surface area contributed by atoms with Gasteiger partial charge in [0, 0.05) is 17.9 Å². The number of rotatable bonds is 5. The molecular weight excluding hydrogens is 361 g/mol. The predicted octanol–water partition coefficient (Wildman–Crippen LogP) is 4.74. The van der Waals surface area contributed by atoms with Crippen LogP contribution in [0, 0.1) is 0 Å². The molecule has 0 bridgehead atoms. The number of alkyl halides is 3. The normalized spacial score (nSPS) is 12.8. The van der Waals surface area contributed by atoms with Gasteiger partial charge in [0.05, 0.1) is 10.9 Å². The van der Waals surface area contributed by atoms with Gasteiger partial charge in [0.25, 0.3) is 0 Å². The van der Waals surface area contributed by atoms with Crippen molar-refractivity contribution in [1.82, 2.24) is 9.97 Å². The number of nitrogens with zero attached hydrogens (tertiary/aromatic N) is 2. The molecule has 0 aliphatic rings. The predicted molar refractivity (Wildman–Crippen MR) is 83.2 cm³/mol. The quantitative estimate of drug-likeness (QED) is 0.793. The highest BCUT2D eigenvalue weighted by atomic mass is 79.9. The molecule has 1 aromatic heterocycles. The Balaban J connectivity index is 2.10. The van der Waals surface area contributed by atoms with E-state index in [-0.39, 0.29) is 0 Å². The van der Waals surface area contributed by atoms with Crippen molar-refractivity contribution in [3.63, 3.8) is 0 Å². The monoisotopic (exact) mass is 374 g/mol. The van der Waals surface area contributed by atoms with Crippen LogP contribution in [0.25, 0.3) is 0 Å². The summed E-state index contributed by atoms with van der Waals surface area (Å²) in [5.74, 6) is 0.612. The van der Waals surface area contributed by atoms with E-state index in [0.717, 1.165) is 5.69 Å². The second kappa shape index (κ2) is 6.95. The largest absolute Gasteiger partial charge is 0.391 e. The fourth-order valence-corrected chi connectivity index (χ4v) is 2.12. The zero-order valence-corrected chi connectivity index (χ0v) is 13.2. The van der Waals surface area contributed by atoms with Gasteiger partial charge in [0.1, 0.15) is 5.82 Å². The minimum Gasteiger partial charge on any atom is -0.366 e. The number of nitrogens with one attached hydrogen (secondary N) is 2. The summed E-state index contributed by atoms with van der Waals surface area (Å²) in [7, 11) is 0. The highest BCUT2D eigenvalue weighted by Gasteiger charge is 2.30. The van der Waals surface area contributed by atoms with Crippen LogP contribution in [0.3, 0.4) is 0 Å². The summed E-state index contributed by atoms with van der Waals surface area (Å²) in [5.41, 5.74) is 0.791. The average molecular weight is 375 g/mol. The SMILES string of the molecule is CC(CC(F)(F)F)Nc1nc(Nc2ccccc2)ncc1Br. The van der Waals surface area contributed by atoms with Gasteiger partial charge in [-0.1, -0.05) is 18.2 Å². The van der Waals surface area contributed by atoms with Crippen LogP contribution in [-0.4, -0.2) is 22.2 Å². The summed E-state index contributed by atoms with van der Waals surface area (Å²) in [5, 5.41) is 5.72. The summed E-state index contributed by atoms with van der Waals surface area (Å²) in [4.78, 5) is 8.27. The number of halogens is 4. The fourth-order valence-electron chi connectivity index (χ4n) is 1.81. The lowest BCUT2D eigenvalue weighted by Gasteiger charge is -2.17. The highest BCUT2D eigenvalue weighted by molar-refractivity contribution is 9.10. The zero-order valence-electron chi connectivity index (χ0n) is 11.7. The Bertz CT molecular complexity index is 619. The minimum absolute atomic E-state index is 0.302. The molecule has 22 heavy (non-hydrogen) atoms. The Hall–Kier alpha value is -1.83. The van der Waals surface area contributed by atoms with Crippen molar-refractivity contribution < 1.29 is 13.2 Å². The number of anilines is 3. The molecule has 0 spiro atoms. The van der Waals surface area contributed by atoms with Crippen molar-refractivity contribution >= 4 is 33.4 Å². The molecule has 0 saturated carbocycles. The molecule has 118 valence electrons. The first-order valence-corrected chi connectivity index (χ1v) is 7.31. The molecule has 1 unspecified atom stereocenters. The zero-order chi connectivity index (χ0) is 16.2. The van der Waals surface area contributed by atoms with E-state index >= 15 is 0 Å². The molecule has 8 heteroatoms. The number of benzene rings is 1. The summed E-state index contributed by atoms with van der Waals surface area (Å²) in [6.07, 6.45) is -3.68. The average Bonchev–Trinajstić information content (AvgIpc) is 2.41. The van der Waals surface area contributed by atoms with E-state index in [1.165, 1.54) is 13.1 Å². The van der Waals surface area contributed by atoms with E-state index in [1.807, 2.05) is 30.3 Å². The summed E-state index contributed by atoms with van der Waals surface area (Å²) in [6, 6.07) is 8.46. The Morgan fingerprint density at radius 2 is 1.91 bits per heavy atom. The Morgan fingerprint density at radius 1 is 1.23 bits per heavy atom. The van der Waals surface area contributed by atoms with Crippen LogP contribution in [0.4, 0.5) is 30.6 Å². The van der Waals surface area contributed by atoms with Crippen LogP contribution in [0.1, 0.15) is 13.3 Å². The third kappa shape index (κ3) is 5.18. The van der Waals surface area contributed by atoms with Crippen LogP contribution < -0.4 is 10.6 Å². The third-order valence-electron chi connectivity index (χ3n) is 2.69. The van der Waals surface area contributed by atoms with Gasteiger partial charge in [-0.25, -0.2) is 4.98 Å². The molecule has 1 aromatic carbocycles. The summed E-state index contributed by atoms with van der Waals surface area (Å²) >= 11 is 3.23. The second-order valence-corrected chi connectivity index (χ2v) is 5.60. The topological polar surface area (TPSA) is 49.8 Å². The molecule has 0 fully saturated rings. The van der Waals surface area contributed by atoms with Gasteiger partial charge in [-0.05, 0) is 35.0 Å². The number of para-hydroxylation sites is 1. The maximum Gasteiger partial charge on any atom is 0.391 e. The molecule has 0 saturated heterocycles. The lowest BCUT2D eigenvalue weighted by molar-refractivity contribution is -0.136. The van der Waals surface area contributed by atoms with E-state index in [2.05, 4.69) is 36.5 Å². The van der Waals surface area contributed by atoms with E-state index < -0.39 is 18.6 Å². The van der Waals surface area contributed by atoms with Gasteiger partial charge >= 0.3 is 6.18 Å². The number of aromatic nitrogens is 2.